The molecule has 0 bridgehead atoms. The average Bonchev–Trinajstić information content (AvgIpc) is 2.86. The molecule has 0 spiro atoms. The molecule has 0 saturated carbocycles. The highest BCUT2D eigenvalue weighted by molar-refractivity contribution is 5.85. The van der Waals surface area contributed by atoms with E-state index in [-0.39, 0.29) is 18.3 Å². The summed E-state index contributed by atoms with van der Waals surface area (Å²) in [6, 6.07) is 2.73. The van der Waals surface area contributed by atoms with E-state index >= 15 is 0 Å². The van der Waals surface area contributed by atoms with Gasteiger partial charge in [-0.25, -0.2) is 9.97 Å². The zero-order valence-electron chi connectivity index (χ0n) is 11.9. The van der Waals surface area contributed by atoms with Gasteiger partial charge in [-0.15, -0.1) is 12.4 Å². The van der Waals surface area contributed by atoms with Crippen molar-refractivity contribution >= 4 is 18.3 Å². The van der Waals surface area contributed by atoms with Gasteiger partial charge in [-0.3, -0.25) is 4.79 Å². The molecule has 6 heteroatoms. The van der Waals surface area contributed by atoms with E-state index in [1.54, 1.807) is 0 Å². The topological polar surface area (TPSA) is 58.1 Å². The molecule has 0 aliphatic carbocycles. The van der Waals surface area contributed by atoms with E-state index < -0.39 is 0 Å². The second-order valence-electron chi connectivity index (χ2n) is 5.52. The lowest BCUT2D eigenvalue weighted by molar-refractivity contribution is -0.129. The van der Waals surface area contributed by atoms with Crippen LogP contribution >= 0.6 is 12.4 Å². The fourth-order valence-corrected chi connectivity index (χ4v) is 3.25. The summed E-state index contributed by atoms with van der Waals surface area (Å²) in [5, 5.41) is 3.40. The van der Waals surface area contributed by atoms with E-state index in [9.17, 15) is 4.79 Å². The Balaban J connectivity index is 0.00000147. The molecule has 2 saturated heterocycles. The van der Waals surface area contributed by atoms with Crippen molar-refractivity contribution in [3.05, 3.63) is 23.3 Å². The first-order chi connectivity index (χ1) is 9.13. The number of nitrogens with zero attached hydrogens (tertiary/aromatic N) is 3. The Bertz CT molecular complexity index is 488. The fourth-order valence-electron chi connectivity index (χ4n) is 3.25. The molecule has 2 aliphatic heterocycles. The van der Waals surface area contributed by atoms with Crippen molar-refractivity contribution in [2.75, 3.05) is 13.1 Å². The number of aromatic nitrogens is 2. The predicted molar refractivity (Wildman–Crippen MR) is 79.0 cm³/mol. The van der Waals surface area contributed by atoms with E-state index in [1.165, 1.54) is 0 Å². The molecule has 1 amide bonds. The van der Waals surface area contributed by atoms with Crippen LogP contribution in [0.5, 0.6) is 0 Å². The first kappa shape index (κ1) is 15.2. The van der Waals surface area contributed by atoms with Gasteiger partial charge in [-0.2, -0.15) is 0 Å². The lowest BCUT2D eigenvalue weighted by Gasteiger charge is -2.23. The van der Waals surface area contributed by atoms with Crippen molar-refractivity contribution in [2.45, 2.75) is 45.2 Å². The maximum Gasteiger partial charge on any atom is 0.224 e. The first-order valence-electron chi connectivity index (χ1n) is 6.97. The van der Waals surface area contributed by atoms with Crippen molar-refractivity contribution in [3.8, 4) is 0 Å². The third-order valence-corrected chi connectivity index (χ3v) is 4.03. The Morgan fingerprint density at radius 3 is 2.75 bits per heavy atom. The SMILES string of the molecule is Cc1cc(C)nc(CCN2C(=O)C[C@H]3NCC[C@H]32)n1.Cl. The summed E-state index contributed by atoms with van der Waals surface area (Å²) in [5.41, 5.74) is 1.99. The van der Waals surface area contributed by atoms with Crippen LogP contribution in [-0.2, 0) is 11.2 Å². The Kier molecular flexibility index (Phi) is 4.60. The second kappa shape index (κ2) is 6.06. The number of nitrogens with one attached hydrogen (secondary N) is 1. The normalized spacial score (nSPS) is 24.7. The average molecular weight is 297 g/mol. The van der Waals surface area contributed by atoms with Gasteiger partial charge < -0.3 is 10.2 Å². The molecule has 0 radical (unpaired) electrons. The number of aryl methyl sites for hydroxylation is 2. The van der Waals surface area contributed by atoms with Crippen LogP contribution in [-0.4, -0.2) is 45.9 Å². The molecule has 2 fully saturated rings. The summed E-state index contributed by atoms with van der Waals surface area (Å²) in [5.74, 6) is 1.12. The molecule has 3 rings (SSSR count). The van der Waals surface area contributed by atoms with Crippen LogP contribution in [0.4, 0.5) is 0 Å². The minimum absolute atomic E-state index is 0. The lowest BCUT2D eigenvalue weighted by Crippen LogP contribution is -2.37. The summed E-state index contributed by atoms with van der Waals surface area (Å²) in [4.78, 5) is 22.9. The minimum atomic E-state index is 0. The molecular formula is C14H21ClN4O. The first-order valence-corrected chi connectivity index (χ1v) is 6.97. The standard InChI is InChI=1S/C14H20N4O.ClH/c1-9-7-10(2)17-13(16-9)4-6-18-12-3-5-15-11(12)8-14(18)19;/h7,11-12,15H,3-6,8H2,1-2H3;1H/t11-,12-;/m1./s1. The van der Waals surface area contributed by atoms with Crippen LogP contribution in [0.2, 0.25) is 0 Å². The Morgan fingerprint density at radius 2 is 2.05 bits per heavy atom. The zero-order valence-corrected chi connectivity index (χ0v) is 12.7. The molecule has 3 heterocycles. The molecule has 2 atom stereocenters. The van der Waals surface area contributed by atoms with Gasteiger partial charge in [0.1, 0.15) is 5.82 Å². The fraction of sp³-hybridized carbons (Fsp3) is 0.643. The van der Waals surface area contributed by atoms with Crippen LogP contribution in [0.25, 0.3) is 0 Å². The highest BCUT2D eigenvalue weighted by Gasteiger charge is 2.41. The van der Waals surface area contributed by atoms with Crippen LogP contribution in [0.3, 0.4) is 0 Å². The molecule has 1 aromatic heterocycles. The number of hydrogen-bond donors (Lipinski definition) is 1. The maximum atomic E-state index is 12.0. The number of rotatable bonds is 3. The smallest absolute Gasteiger partial charge is 0.224 e. The quantitative estimate of drug-likeness (QED) is 0.905. The largest absolute Gasteiger partial charge is 0.338 e. The summed E-state index contributed by atoms with van der Waals surface area (Å²) < 4.78 is 0. The van der Waals surface area contributed by atoms with Gasteiger partial charge in [0.2, 0.25) is 5.91 Å². The third-order valence-electron chi connectivity index (χ3n) is 4.03. The molecule has 2 aliphatic rings. The van der Waals surface area contributed by atoms with E-state index in [1.807, 2.05) is 24.8 Å². The molecule has 110 valence electrons. The number of carbonyl (C=O) groups excluding carboxylic acids is 1. The van der Waals surface area contributed by atoms with E-state index in [4.69, 9.17) is 0 Å². The van der Waals surface area contributed by atoms with E-state index in [2.05, 4.69) is 15.3 Å². The van der Waals surface area contributed by atoms with Gasteiger partial charge in [0.25, 0.3) is 0 Å². The van der Waals surface area contributed by atoms with Crippen LogP contribution in [0.15, 0.2) is 6.07 Å². The van der Waals surface area contributed by atoms with E-state index in [0.717, 1.165) is 43.1 Å². The number of fused-ring (bicyclic) bond motifs is 1. The number of halogens is 1. The van der Waals surface area contributed by atoms with Gasteiger partial charge in [0.15, 0.2) is 0 Å². The van der Waals surface area contributed by atoms with Crippen molar-refractivity contribution in [3.63, 3.8) is 0 Å². The Labute approximate surface area is 125 Å². The molecule has 1 N–H and O–H groups in total. The van der Waals surface area contributed by atoms with Gasteiger partial charge in [-0.1, -0.05) is 0 Å². The summed E-state index contributed by atoms with van der Waals surface area (Å²) >= 11 is 0. The minimum Gasteiger partial charge on any atom is -0.338 e. The van der Waals surface area contributed by atoms with Crippen LogP contribution < -0.4 is 5.32 Å². The summed E-state index contributed by atoms with van der Waals surface area (Å²) in [6.45, 7) is 5.73. The van der Waals surface area contributed by atoms with Crippen molar-refractivity contribution in [1.29, 1.82) is 0 Å². The molecular weight excluding hydrogens is 276 g/mol. The van der Waals surface area contributed by atoms with Crippen molar-refractivity contribution in [2.24, 2.45) is 0 Å². The van der Waals surface area contributed by atoms with E-state index in [0.29, 0.717) is 18.5 Å². The van der Waals surface area contributed by atoms with Gasteiger partial charge >= 0.3 is 0 Å². The highest BCUT2D eigenvalue weighted by Crippen LogP contribution is 2.25. The number of hydrogen-bond acceptors (Lipinski definition) is 4. The maximum absolute atomic E-state index is 12.0. The molecule has 0 unspecified atom stereocenters. The van der Waals surface area contributed by atoms with Crippen LogP contribution in [0, 0.1) is 13.8 Å². The molecule has 20 heavy (non-hydrogen) atoms. The Hall–Kier alpha value is -1.20. The van der Waals surface area contributed by atoms with Crippen molar-refractivity contribution < 1.29 is 4.79 Å². The van der Waals surface area contributed by atoms with Crippen molar-refractivity contribution in [1.82, 2.24) is 20.2 Å². The van der Waals surface area contributed by atoms with Gasteiger partial charge in [0.05, 0.1) is 0 Å². The number of likely N-dealkylation sites (tertiary alicyclic amines) is 1. The summed E-state index contributed by atoms with van der Waals surface area (Å²) in [6.07, 6.45) is 2.47. The van der Waals surface area contributed by atoms with Gasteiger partial charge in [-0.05, 0) is 32.9 Å². The Morgan fingerprint density at radius 1 is 1.35 bits per heavy atom. The third kappa shape index (κ3) is 2.94. The molecule has 0 aromatic carbocycles. The monoisotopic (exact) mass is 296 g/mol. The van der Waals surface area contributed by atoms with Gasteiger partial charge in [0, 0.05) is 42.9 Å². The predicted octanol–water partition coefficient (Wildman–Crippen LogP) is 1.02. The highest BCUT2D eigenvalue weighted by atomic mass is 35.5. The lowest BCUT2D eigenvalue weighted by atomic mass is 10.1. The zero-order chi connectivity index (χ0) is 13.4. The summed E-state index contributed by atoms with van der Waals surface area (Å²) in [7, 11) is 0. The molecule has 5 nitrogen and oxygen atoms in total. The molecule has 1 aromatic rings. The number of amides is 1. The van der Waals surface area contributed by atoms with Crippen LogP contribution in [0.1, 0.15) is 30.1 Å². The second-order valence-corrected chi connectivity index (χ2v) is 5.52. The number of carbonyl (C=O) groups is 1.